The zero-order chi connectivity index (χ0) is 18.1. The van der Waals surface area contributed by atoms with Crippen LogP contribution < -0.4 is 10.1 Å². The van der Waals surface area contributed by atoms with Gasteiger partial charge < -0.3 is 10.1 Å². The van der Waals surface area contributed by atoms with Crippen LogP contribution in [0.15, 0.2) is 60.2 Å². The second kappa shape index (κ2) is 9.29. The van der Waals surface area contributed by atoms with Gasteiger partial charge in [0.1, 0.15) is 17.4 Å². The van der Waals surface area contributed by atoms with E-state index in [-0.39, 0.29) is 11.6 Å². The Hall–Kier alpha value is -3.06. The Morgan fingerprint density at radius 1 is 1.24 bits per heavy atom. The normalized spacial score (nSPS) is 12.1. The molecule has 128 valence electrons. The van der Waals surface area contributed by atoms with Crippen molar-refractivity contribution in [1.82, 2.24) is 5.32 Å². The number of carbonyl (C=O) groups is 1. The van der Waals surface area contributed by atoms with Crippen LogP contribution in [-0.4, -0.2) is 12.5 Å². The molecule has 1 atom stereocenters. The topological polar surface area (TPSA) is 62.1 Å². The van der Waals surface area contributed by atoms with E-state index in [1.165, 1.54) is 0 Å². The molecule has 4 nitrogen and oxygen atoms in total. The number of ether oxygens (including phenoxy) is 1. The van der Waals surface area contributed by atoms with Crippen molar-refractivity contribution in [1.29, 1.82) is 5.26 Å². The van der Waals surface area contributed by atoms with Gasteiger partial charge in [-0.05, 0) is 42.7 Å². The molecule has 0 saturated heterocycles. The first-order chi connectivity index (χ1) is 12.1. The maximum atomic E-state index is 12.4. The van der Waals surface area contributed by atoms with Crippen LogP contribution in [0.4, 0.5) is 0 Å². The van der Waals surface area contributed by atoms with Crippen LogP contribution in [0.5, 0.6) is 5.75 Å². The Kier molecular flexibility index (Phi) is 6.79. The van der Waals surface area contributed by atoms with Crippen molar-refractivity contribution in [2.75, 3.05) is 6.61 Å². The second-order valence-electron chi connectivity index (χ2n) is 5.70. The number of nitriles is 1. The minimum Gasteiger partial charge on any atom is -0.494 e. The highest BCUT2D eigenvalue weighted by molar-refractivity contribution is 6.01. The van der Waals surface area contributed by atoms with E-state index in [1.807, 2.05) is 74.5 Å². The minimum atomic E-state index is -0.390. The zero-order valence-corrected chi connectivity index (χ0v) is 14.5. The van der Waals surface area contributed by atoms with E-state index in [0.717, 1.165) is 23.3 Å². The lowest BCUT2D eigenvalue weighted by Gasteiger charge is -2.13. The highest BCUT2D eigenvalue weighted by Crippen LogP contribution is 2.17. The quantitative estimate of drug-likeness (QED) is 0.608. The Morgan fingerprint density at radius 2 is 2.00 bits per heavy atom. The smallest absolute Gasteiger partial charge is 0.262 e. The van der Waals surface area contributed by atoms with Gasteiger partial charge in [-0.3, -0.25) is 4.79 Å². The fourth-order valence-electron chi connectivity index (χ4n) is 2.33. The molecule has 2 aromatic rings. The molecule has 4 heteroatoms. The number of amides is 1. The van der Waals surface area contributed by atoms with Gasteiger partial charge in [0.25, 0.3) is 5.91 Å². The molecule has 2 aromatic carbocycles. The van der Waals surface area contributed by atoms with E-state index in [9.17, 15) is 10.1 Å². The van der Waals surface area contributed by atoms with Gasteiger partial charge in [0.15, 0.2) is 0 Å². The molecule has 0 aromatic heterocycles. The van der Waals surface area contributed by atoms with Gasteiger partial charge in [-0.1, -0.05) is 49.4 Å². The summed E-state index contributed by atoms with van der Waals surface area (Å²) >= 11 is 0. The molecule has 2 rings (SSSR count). The molecule has 1 unspecified atom stereocenters. The van der Waals surface area contributed by atoms with Crippen LogP contribution in [0, 0.1) is 11.3 Å². The van der Waals surface area contributed by atoms with Crippen LogP contribution in [0.25, 0.3) is 6.08 Å². The van der Waals surface area contributed by atoms with Crippen molar-refractivity contribution in [2.45, 2.75) is 26.3 Å². The third kappa shape index (κ3) is 5.50. The van der Waals surface area contributed by atoms with Crippen molar-refractivity contribution >= 4 is 12.0 Å². The maximum absolute atomic E-state index is 12.4. The molecule has 25 heavy (non-hydrogen) atoms. The van der Waals surface area contributed by atoms with E-state index in [0.29, 0.717) is 6.61 Å². The Balaban J connectivity index is 2.11. The van der Waals surface area contributed by atoms with Gasteiger partial charge in [-0.25, -0.2) is 0 Å². The van der Waals surface area contributed by atoms with Gasteiger partial charge in [0.05, 0.1) is 12.6 Å². The SMILES string of the molecule is CCCOc1cccc(/C=C(\C#N)C(=O)NC(C)c2ccccc2)c1. The van der Waals surface area contributed by atoms with Crippen LogP contribution in [-0.2, 0) is 4.79 Å². The third-order valence-electron chi connectivity index (χ3n) is 3.65. The number of nitrogens with one attached hydrogen (secondary N) is 1. The molecule has 0 fully saturated rings. The third-order valence-corrected chi connectivity index (χ3v) is 3.65. The molecule has 0 saturated carbocycles. The fraction of sp³-hybridized carbons (Fsp3) is 0.238. The van der Waals surface area contributed by atoms with Gasteiger partial charge in [-0.15, -0.1) is 0 Å². The summed E-state index contributed by atoms with van der Waals surface area (Å²) in [6.45, 7) is 4.56. The van der Waals surface area contributed by atoms with Crippen LogP contribution >= 0.6 is 0 Å². The lowest BCUT2D eigenvalue weighted by Crippen LogP contribution is -2.27. The van der Waals surface area contributed by atoms with Crippen molar-refractivity contribution < 1.29 is 9.53 Å². The Labute approximate surface area is 148 Å². The molecular weight excluding hydrogens is 312 g/mol. The highest BCUT2D eigenvalue weighted by Gasteiger charge is 2.13. The monoisotopic (exact) mass is 334 g/mol. The predicted molar refractivity (Wildman–Crippen MR) is 98.8 cm³/mol. The fourth-order valence-corrected chi connectivity index (χ4v) is 2.33. The van der Waals surface area contributed by atoms with Gasteiger partial charge in [0.2, 0.25) is 0 Å². The van der Waals surface area contributed by atoms with E-state index in [4.69, 9.17) is 4.74 Å². The van der Waals surface area contributed by atoms with Crippen LogP contribution in [0.1, 0.15) is 37.4 Å². The number of benzene rings is 2. The average Bonchev–Trinajstić information content (AvgIpc) is 2.65. The van der Waals surface area contributed by atoms with E-state index in [1.54, 1.807) is 6.08 Å². The largest absolute Gasteiger partial charge is 0.494 e. The van der Waals surface area contributed by atoms with E-state index >= 15 is 0 Å². The number of nitrogens with zero attached hydrogens (tertiary/aromatic N) is 1. The highest BCUT2D eigenvalue weighted by atomic mass is 16.5. The van der Waals surface area contributed by atoms with Crippen molar-refractivity contribution in [3.8, 4) is 11.8 Å². The molecular formula is C21H22N2O2. The zero-order valence-electron chi connectivity index (χ0n) is 14.5. The molecule has 0 heterocycles. The van der Waals surface area contributed by atoms with E-state index < -0.39 is 5.91 Å². The van der Waals surface area contributed by atoms with Crippen LogP contribution in [0.2, 0.25) is 0 Å². The summed E-state index contributed by atoms with van der Waals surface area (Å²) in [6.07, 6.45) is 2.50. The van der Waals surface area contributed by atoms with Gasteiger partial charge in [0, 0.05) is 0 Å². The number of carbonyl (C=O) groups excluding carboxylic acids is 1. The standard InChI is InChI=1S/C21H22N2O2/c1-3-12-25-20-11-7-8-17(14-20)13-19(15-22)21(24)23-16(2)18-9-5-4-6-10-18/h4-11,13-14,16H,3,12H2,1-2H3,(H,23,24)/b19-13+. The molecule has 0 bridgehead atoms. The minimum absolute atomic E-state index is 0.0652. The first kappa shape index (κ1) is 18.3. The van der Waals surface area contributed by atoms with Gasteiger partial charge >= 0.3 is 0 Å². The Bertz CT molecular complexity index is 776. The lowest BCUT2D eigenvalue weighted by molar-refractivity contribution is -0.117. The summed E-state index contributed by atoms with van der Waals surface area (Å²) in [5, 5.41) is 12.2. The first-order valence-electron chi connectivity index (χ1n) is 8.34. The summed E-state index contributed by atoms with van der Waals surface area (Å²) in [7, 11) is 0. The summed E-state index contributed by atoms with van der Waals surface area (Å²) in [4.78, 5) is 12.4. The number of hydrogen-bond donors (Lipinski definition) is 1. The van der Waals surface area contributed by atoms with Crippen LogP contribution in [0.3, 0.4) is 0 Å². The summed E-state index contributed by atoms with van der Waals surface area (Å²) in [5.74, 6) is 0.338. The summed E-state index contributed by atoms with van der Waals surface area (Å²) in [6, 6.07) is 18.8. The molecule has 1 N–H and O–H groups in total. The van der Waals surface area contributed by atoms with Gasteiger partial charge in [-0.2, -0.15) is 5.26 Å². The average molecular weight is 334 g/mol. The molecule has 0 radical (unpaired) electrons. The lowest BCUT2D eigenvalue weighted by atomic mass is 10.1. The van der Waals surface area contributed by atoms with Crippen molar-refractivity contribution in [2.24, 2.45) is 0 Å². The first-order valence-corrected chi connectivity index (χ1v) is 8.34. The summed E-state index contributed by atoms with van der Waals surface area (Å²) < 4.78 is 5.58. The summed E-state index contributed by atoms with van der Waals surface area (Å²) in [5.41, 5.74) is 1.81. The maximum Gasteiger partial charge on any atom is 0.262 e. The van der Waals surface area contributed by atoms with E-state index in [2.05, 4.69) is 5.32 Å². The predicted octanol–water partition coefficient (Wildman–Crippen LogP) is 4.26. The second-order valence-corrected chi connectivity index (χ2v) is 5.70. The number of rotatable bonds is 7. The molecule has 0 spiro atoms. The molecule has 0 aliphatic heterocycles. The Morgan fingerprint density at radius 3 is 2.68 bits per heavy atom. The molecule has 0 aliphatic carbocycles. The number of hydrogen-bond acceptors (Lipinski definition) is 3. The molecule has 0 aliphatic rings. The van der Waals surface area contributed by atoms with Crippen molar-refractivity contribution in [3.05, 3.63) is 71.3 Å². The van der Waals surface area contributed by atoms with Crippen molar-refractivity contribution in [3.63, 3.8) is 0 Å². The molecule has 1 amide bonds.